The van der Waals surface area contributed by atoms with Crippen molar-refractivity contribution in [2.75, 3.05) is 52.5 Å². The van der Waals surface area contributed by atoms with Crippen LogP contribution in [0.3, 0.4) is 0 Å². The van der Waals surface area contributed by atoms with Gasteiger partial charge in [-0.25, -0.2) is 4.39 Å². The second kappa shape index (κ2) is 7.90. The summed E-state index contributed by atoms with van der Waals surface area (Å²) in [4.78, 5) is 4.60. The van der Waals surface area contributed by atoms with Gasteiger partial charge < -0.3 is 9.84 Å². The van der Waals surface area contributed by atoms with Crippen molar-refractivity contribution < 1.29 is 14.2 Å². The van der Waals surface area contributed by atoms with Gasteiger partial charge >= 0.3 is 0 Å². The fourth-order valence-corrected chi connectivity index (χ4v) is 3.82. The van der Waals surface area contributed by atoms with Gasteiger partial charge in [-0.1, -0.05) is 17.7 Å². The van der Waals surface area contributed by atoms with Crippen molar-refractivity contribution in [1.29, 1.82) is 0 Å². The normalized spacial score (nSPS) is 26.7. The quantitative estimate of drug-likeness (QED) is 0.886. The van der Waals surface area contributed by atoms with Crippen molar-refractivity contribution in [2.45, 2.75) is 6.54 Å². The maximum atomic E-state index is 14.0. The van der Waals surface area contributed by atoms with E-state index in [9.17, 15) is 9.50 Å². The maximum absolute atomic E-state index is 14.0. The van der Waals surface area contributed by atoms with Gasteiger partial charge in [0.15, 0.2) is 0 Å². The van der Waals surface area contributed by atoms with E-state index in [2.05, 4.69) is 9.80 Å². The van der Waals surface area contributed by atoms with Crippen LogP contribution in [-0.4, -0.2) is 67.5 Å². The zero-order valence-corrected chi connectivity index (χ0v) is 14.0. The van der Waals surface area contributed by atoms with E-state index in [4.69, 9.17) is 16.3 Å². The smallest absolute Gasteiger partial charge is 0.129 e. The standard InChI is InChI=1S/C17H24ClFN2O2/c18-16-2-1-3-17(19)15(16)11-21-9-13(14(10-21)12-22)8-20-4-6-23-7-5-20/h1-3,13-14,22H,4-12H2. The van der Waals surface area contributed by atoms with Crippen molar-refractivity contribution in [3.8, 4) is 0 Å². The number of aliphatic hydroxyl groups excluding tert-OH is 1. The maximum Gasteiger partial charge on any atom is 0.129 e. The fraction of sp³-hybridized carbons (Fsp3) is 0.647. The predicted octanol–water partition coefficient (Wildman–Crippen LogP) is 1.85. The Kier molecular flexibility index (Phi) is 5.88. The van der Waals surface area contributed by atoms with Gasteiger partial charge in [0.25, 0.3) is 0 Å². The van der Waals surface area contributed by atoms with Crippen molar-refractivity contribution >= 4 is 11.6 Å². The van der Waals surface area contributed by atoms with E-state index in [0.29, 0.717) is 23.0 Å². The van der Waals surface area contributed by atoms with Gasteiger partial charge in [-0.2, -0.15) is 0 Å². The van der Waals surface area contributed by atoms with Crippen LogP contribution in [0.2, 0.25) is 5.02 Å². The Morgan fingerprint density at radius 1 is 1.17 bits per heavy atom. The molecular formula is C17H24ClFN2O2. The first kappa shape index (κ1) is 17.1. The summed E-state index contributed by atoms with van der Waals surface area (Å²) in [5.74, 6) is 0.390. The number of halogens is 2. The predicted molar refractivity (Wildman–Crippen MR) is 88.0 cm³/mol. The number of hydrogen-bond donors (Lipinski definition) is 1. The molecule has 2 aliphatic heterocycles. The molecule has 0 amide bonds. The van der Waals surface area contributed by atoms with E-state index in [1.807, 2.05) is 0 Å². The molecule has 2 atom stereocenters. The number of morpholine rings is 1. The summed E-state index contributed by atoms with van der Waals surface area (Å²) in [7, 11) is 0. The minimum absolute atomic E-state index is 0.177. The fourth-order valence-electron chi connectivity index (χ4n) is 3.60. The highest BCUT2D eigenvalue weighted by Crippen LogP contribution is 2.28. The van der Waals surface area contributed by atoms with Gasteiger partial charge in [-0.3, -0.25) is 9.80 Å². The van der Waals surface area contributed by atoms with Crippen molar-refractivity contribution in [1.82, 2.24) is 9.80 Å². The molecule has 0 saturated carbocycles. The van der Waals surface area contributed by atoms with Crippen LogP contribution in [0.1, 0.15) is 5.56 Å². The Morgan fingerprint density at radius 2 is 1.91 bits per heavy atom. The Morgan fingerprint density at radius 3 is 2.61 bits per heavy atom. The molecule has 2 aliphatic rings. The second-order valence-corrected chi connectivity index (χ2v) is 6.92. The summed E-state index contributed by atoms with van der Waals surface area (Å²) in [5, 5.41) is 10.2. The van der Waals surface area contributed by atoms with Crippen LogP contribution >= 0.6 is 11.6 Å². The molecule has 0 aromatic heterocycles. The summed E-state index contributed by atoms with van der Waals surface area (Å²) >= 11 is 6.13. The molecule has 2 saturated heterocycles. The van der Waals surface area contributed by atoms with Gasteiger partial charge in [-0.15, -0.1) is 0 Å². The van der Waals surface area contributed by atoms with Crippen LogP contribution in [0, 0.1) is 17.7 Å². The highest BCUT2D eigenvalue weighted by molar-refractivity contribution is 6.31. The van der Waals surface area contributed by atoms with Gasteiger partial charge in [0.05, 0.1) is 13.2 Å². The number of rotatable bonds is 5. The molecule has 1 aromatic rings. The second-order valence-electron chi connectivity index (χ2n) is 6.51. The van der Waals surface area contributed by atoms with E-state index in [1.54, 1.807) is 12.1 Å². The first-order valence-electron chi connectivity index (χ1n) is 8.23. The molecule has 0 aliphatic carbocycles. The average Bonchev–Trinajstić information content (AvgIpc) is 2.94. The van der Waals surface area contributed by atoms with Crippen molar-refractivity contribution in [2.24, 2.45) is 11.8 Å². The monoisotopic (exact) mass is 342 g/mol. The lowest BCUT2D eigenvalue weighted by molar-refractivity contribution is 0.0264. The third-order valence-corrected chi connectivity index (χ3v) is 5.28. The Labute approximate surface area is 141 Å². The molecule has 2 fully saturated rings. The highest BCUT2D eigenvalue weighted by Gasteiger charge is 2.34. The Bertz CT molecular complexity index is 505. The van der Waals surface area contributed by atoms with Crippen LogP contribution in [0.5, 0.6) is 0 Å². The third-order valence-electron chi connectivity index (χ3n) is 4.93. The van der Waals surface area contributed by atoms with Crippen LogP contribution in [-0.2, 0) is 11.3 Å². The summed E-state index contributed by atoms with van der Waals surface area (Å²) in [6.45, 7) is 6.77. The largest absolute Gasteiger partial charge is 0.396 e. The summed E-state index contributed by atoms with van der Waals surface area (Å²) in [6.07, 6.45) is 0. The van der Waals surface area contributed by atoms with Crippen molar-refractivity contribution in [3.63, 3.8) is 0 Å². The Balaban J connectivity index is 1.61. The molecule has 2 unspecified atom stereocenters. The summed E-state index contributed by atoms with van der Waals surface area (Å²) in [6, 6.07) is 4.81. The van der Waals surface area contributed by atoms with Crippen LogP contribution in [0.15, 0.2) is 18.2 Å². The molecular weight excluding hydrogens is 319 g/mol. The van der Waals surface area contributed by atoms with E-state index in [-0.39, 0.29) is 18.3 Å². The third kappa shape index (κ3) is 4.22. The molecule has 0 bridgehead atoms. The number of nitrogens with zero attached hydrogens (tertiary/aromatic N) is 2. The van der Waals surface area contributed by atoms with E-state index in [1.165, 1.54) is 6.07 Å². The van der Waals surface area contributed by atoms with Gasteiger partial charge in [-0.05, 0) is 24.0 Å². The minimum Gasteiger partial charge on any atom is -0.396 e. The van der Waals surface area contributed by atoms with E-state index < -0.39 is 0 Å². The summed E-state index contributed by atoms with van der Waals surface area (Å²) in [5.41, 5.74) is 0.554. The Hall–Kier alpha value is -0.720. The number of benzene rings is 1. The lowest BCUT2D eigenvalue weighted by Crippen LogP contribution is -2.41. The minimum atomic E-state index is -0.255. The molecule has 6 heteroatoms. The zero-order valence-electron chi connectivity index (χ0n) is 13.3. The number of likely N-dealkylation sites (tertiary alicyclic amines) is 1. The first-order valence-corrected chi connectivity index (χ1v) is 8.61. The molecule has 23 heavy (non-hydrogen) atoms. The number of hydrogen-bond acceptors (Lipinski definition) is 4. The highest BCUT2D eigenvalue weighted by atomic mass is 35.5. The molecule has 1 aromatic carbocycles. The van der Waals surface area contributed by atoms with E-state index >= 15 is 0 Å². The zero-order chi connectivity index (χ0) is 16.2. The molecule has 0 spiro atoms. The SMILES string of the molecule is OCC1CN(Cc2c(F)cccc2Cl)CC1CN1CCOCC1. The van der Waals surface area contributed by atoms with E-state index in [0.717, 1.165) is 45.9 Å². The van der Waals surface area contributed by atoms with Gasteiger partial charge in [0.1, 0.15) is 5.82 Å². The van der Waals surface area contributed by atoms with Crippen LogP contribution in [0.4, 0.5) is 4.39 Å². The number of ether oxygens (including phenoxy) is 1. The molecule has 1 N–H and O–H groups in total. The van der Waals surface area contributed by atoms with Gasteiger partial charge in [0.2, 0.25) is 0 Å². The van der Waals surface area contributed by atoms with Crippen LogP contribution in [0.25, 0.3) is 0 Å². The molecule has 4 nitrogen and oxygen atoms in total. The molecule has 2 heterocycles. The average molecular weight is 343 g/mol. The van der Waals surface area contributed by atoms with Gasteiger partial charge in [0, 0.05) is 56.5 Å². The first-order chi connectivity index (χ1) is 11.2. The lowest BCUT2D eigenvalue weighted by atomic mass is 9.96. The summed E-state index contributed by atoms with van der Waals surface area (Å²) < 4.78 is 19.4. The molecule has 3 rings (SSSR count). The lowest BCUT2D eigenvalue weighted by Gasteiger charge is -2.30. The molecule has 128 valence electrons. The molecule has 0 radical (unpaired) electrons. The van der Waals surface area contributed by atoms with Crippen LogP contribution < -0.4 is 0 Å². The topological polar surface area (TPSA) is 35.9 Å². The number of aliphatic hydroxyl groups is 1. The van der Waals surface area contributed by atoms with Crippen molar-refractivity contribution in [3.05, 3.63) is 34.6 Å².